The van der Waals surface area contributed by atoms with Gasteiger partial charge in [-0.1, -0.05) is 30.3 Å². The predicted molar refractivity (Wildman–Crippen MR) is 112 cm³/mol. The van der Waals surface area contributed by atoms with Crippen molar-refractivity contribution in [2.75, 3.05) is 4.90 Å². The summed E-state index contributed by atoms with van der Waals surface area (Å²) in [6.45, 7) is 3.82. The Bertz CT molecular complexity index is 1240. The summed E-state index contributed by atoms with van der Waals surface area (Å²) < 4.78 is 1.79. The predicted octanol–water partition coefficient (Wildman–Crippen LogP) is 4.24. The van der Waals surface area contributed by atoms with E-state index in [0.717, 1.165) is 16.8 Å². The Hall–Kier alpha value is -3.91. The summed E-state index contributed by atoms with van der Waals surface area (Å²) >= 11 is 0. The number of carbonyl (C=O) groups is 2. The van der Waals surface area contributed by atoms with Gasteiger partial charge >= 0.3 is 0 Å². The molecule has 0 spiro atoms. The highest BCUT2D eigenvalue weighted by atomic mass is 16.2. The molecule has 5 nitrogen and oxygen atoms in total. The zero-order chi connectivity index (χ0) is 20.7. The molecule has 0 fully saturated rings. The maximum atomic E-state index is 13.5. The van der Waals surface area contributed by atoms with Crippen molar-refractivity contribution >= 4 is 29.2 Å². The molecule has 4 rings (SSSR count). The van der Waals surface area contributed by atoms with Crippen LogP contribution < -0.4 is 4.90 Å². The van der Waals surface area contributed by atoms with Crippen LogP contribution >= 0.6 is 0 Å². The molecule has 0 bridgehead atoms. The third kappa shape index (κ3) is 2.95. The van der Waals surface area contributed by atoms with Crippen LogP contribution in [-0.2, 0) is 11.8 Å². The average molecular weight is 381 g/mol. The molecule has 0 atom stereocenters. The van der Waals surface area contributed by atoms with Crippen LogP contribution in [0.1, 0.15) is 38.4 Å². The Balaban J connectivity index is 1.94. The Morgan fingerprint density at radius 1 is 0.931 bits per heavy atom. The molecule has 2 amide bonds. The van der Waals surface area contributed by atoms with Crippen molar-refractivity contribution in [3.05, 3.63) is 88.2 Å². The van der Waals surface area contributed by atoms with Crippen LogP contribution in [0.5, 0.6) is 0 Å². The second-order valence-electron chi connectivity index (χ2n) is 7.13. The van der Waals surface area contributed by atoms with Gasteiger partial charge in [-0.25, -0.2) is 4.90 Å². The lowest BCUT2D eigenvalue weighted by Crippen LogP contribution is -2.41. The van der Waals surface area contributed by atoms with E-state index < -0.39 is 0 Å². The number of amides is 2. The smallest absolute Gasteiger partial charge is 0.265 e. The number of imide groups is 1. The molecular weight excluding hydrogens is 362 g/mol. The van der Waals surface area contributed by atoms with E-state index in [0.29, 0.717) is 28.1 Å². The maximum absolute atomic E-state index is 13.5. The summed E-state index contributed by atoms with van der Waals surface area (Å²) in [4.78, 5) is 27.8. The lowest BCUT2D eigenvalue weighted by molar-refractivity contribution is -0.112. The van der Waals surface area contributed by atoms with Crippen LogP contribution in [-0.4, -0.2) is 16.4 Å². The first kappa shape index (κ1) is 18.5. The molecule has 2 aromatic carbocycles. The largest absolute Gasteiger partial charge is 0.339 e. The molecule has 3 aromatic rings. The second-order valence-corrected chi connectivity index (χ2v) is 7.13. The minimum absolute atomic E-state index is 0.337. The monoisotopic (exact) mass is 381 g/mol. The van der Waals surface area contributed by atoms with Crippen LogP contribution in [0.25, 0.3) is 11.6 Å². The normalized spacial score (nSPS) is 14.8. The first-order valence-electron chi connectivity index (χ1n) is 9.25. The van der Waals surface area contributed by atoms with Crippen molar-refractivity contribution in [1.29, 1.82) is 5.26 Å². The summed E-state index contributed by atoms with van der Waals surface area (Å²) in [6, 6.07) is 18.4. The summed E-state index contributed by atoms with van der Waals surface area (Å²) in [7, 11) is 1.81. The number of aryl methyl sites for hydroxylation is 1. The Morgan fingerprint density at radius 2 is 1.66 bits per heavy atom. The van der Waals surface area contributed by atoms with E-state index in [1.165, 1.54) is 4.90 Å². The van der Waals surface area contributed by atoms with Gasteiger partial charge in [-0.05, 0) is 60.9 Å². The SMILES string of the molecule is Cc1cccc(N2C(=O)C(=Cc3cc(C#N)n(C)c3C)c3ccccc3C2=O)c1. The van der Waals surface area contributed by atoms with Crippen LogP contribution in [0.2, 0.25) is 0 Å². The number of hydrogen-bond donors (Lipinski definition) is 0. The van der Waals surface area contributed by atoms with E-state index in [1.807, 2.05) is 45.2 Å². The molecule has 0 N–H and O–H groups in total. The van der Waals surface area contributed by atoms with Gasteiger partial charge in [0.05, 0.1) is 5.69 Å². The summed E-state index contributed by atoms with van der Waals surface area (Å²) in [5, 5.41) is 9.31. The third-order valence-electron chi connectivity index (χ3n) is 5.33. The Morgan fingerprint density at radius 3 is 2.31 bits per heavy atom. The lowest BCUT2D eigenvalue weighted by atomic mass is 9.91. The molecule has 0 aliphatic carbocycles. The van der Waals surface area contributed by atoms with Gasteiger partial charge in [-0.2, -0.15) is 5.26 Å². The summed E-state index contributed by atoms with van der Waals surface area (Å²) in [5.74, 6) is -0.711. The quantitative estimate of drug-likeness (QED) is 0.493. The highest BCUT2D eigenvalue weighted by molar-refractivity contribution is 6.43. The standard InChI is InChI=1S/C24H19N3O2/c1-15-7-6-8-18(11-15)27-23(28)21-10-5-4-9-20(21)22(24(27)29)13-17-12-19(14-25)26(3)16(17)2/h4-13H,1-3H3. The van der Waals surface area contributed by atoms with Gasteiger partial charge in [0, 0.05) is 23.9 Å². The third-order valence-corrected chi connectivity index (χ3v) is 5.33. The summed E-state index contributed by atoms with van der Waals surface area (Å²) in [6.07, 6.45) is 1.77. The highest BCUT2D eigenvalue weighted by Crippen LogP contribution is 2.34. The molecule has 5 heteroatoms. The van der Waals surface area contributed by atoms with E-state index in [-0.39, 0.29) is 11.8 Å². The van der Waals surface area contributed by atoms with Crippen LogP contribution in [0.4, 0.5) is 5.69 Å². The van der Waals surface area contributed by atoms with E-state index in [1.54, 1.807) is 41.0 Å². The van der Waals surface area contributed by atoms with Crippen molar-refractivity contribution < 1.29 is 9.59 Å². The Labute approximate surface area is 169 Å². The van der Waals surface area contributed by atoms with Crippen molar-refractivity contribution in [2.24, 2.45) is 7.05 Å². The molecule has 0 saturated heterocycles. The lowest BCUT2D eigenvalue weighted by Gasteiger charge is -2.29. The minimum Gasteiger partial charge on any atom is -0.339 e. The van der Waals surface area contributed by atoms with E-state index in [2.05, 4.69) is 6.07 Å². The van der Waals surface area contributed by atoms with E-state index in [4.69, 9.17) is 0 Å². The number of nitriles is 1. The molecule has 1 aromatic heterocycles. The van der Waals surface area contributed by atoms with Gasteiger partial charge in [0.2, 0.25) is 0 Å². The number of fused-ring (bicyclic) bond motifs is 1. The molecule has 0 saturated carbocycles. The molecule has 0 unspecified atom stereocenters. The van der Waals surface area contributed by atoms with Crippen LogP contribution in [0.3, 0.4) is 0 Å². The van der Waals surface area contributed by atoms with Gasteiger partial charge in [0.1, 0.15) is 11.8 Å². The fraction of sp³-hybridized carbons (Fsp3) is 0.125. The van der Waals surface area contributed by atoms with Gasteiger partial charge in [-0.3, -0.25) is 9.59 Å². The Kier molecular flexibility index (Phi) is 4.40. The van der Waals surface area contributed by atoms with Crippen molar-refractivity contribution in [2.45, 2.75) is 13.8 Å². The fourth-order valence-electron chi connectivity index (χ4n) is 3.63. The molecule has 2 heterocycles. The number of nitrogens with zero attached hydrogens (tertiary/aromatic N) is 3. The van der Waals surface area contributed by atoms with Crippen molar-refractivity contribution in [3.63, 3.8) is 0 Å². The van der Waals surface area contributed by atoms with E-state index >= 15 is 0 Å². The van der Waals surface area contributed by atoms with E-state index in [9.17, 15) is 14.9 Å². The molecule has 1 aliphatic heterocycles. The molecule has 29 heavy (non-hydrogen) atoms. The first-order chi connectivity index (χ1) is 13.9. The van der Waals surface area contributed by atoms with Crippen LogP contribution in [0.15, 0.2) is 54.6 Å². The highest BCUT2D eigenvalue weighted by Gasteiger charge is 2.35. The zero-order valence-corrected chi connectivity index (χ0v) is 16.4. The van der Waals surface area contributed by atoms with Crippen molar-refractivity contribution in [1.82, 2.24) is 4.57 Å². The minimum atomic E-state index is -0.374. The fourth-order valence-corrected chi connectivity index (χ4v) is 3.63. The number of hydrogen-bond acceptors (Lipinski definition) is 3. The second kappa shape index (κ2) is 6.92. The molecule has 1 aliphatic rings. The number of benzene rings is 2. The summed E-state index contributed by atoms with van der Waals surface area (Å²) in [5.41, 5.74) is 5.19. The number of anilines is 1. The van der Waals surface area contributed by atoms with Crippen LogP contribution in [0, 0.1) is 25.2 Å². The first-order valence-corrected chi connectivity index (χ1v) is 9.25. The topological polar surface area (TPSA) is 66.1 Å². The molecule has 142 valence electrons. The number of aromatic nitrogens is 1. The van der Waals surface area contributed by atoms with Gasteiger partial charge in [0.25, 0.3) is 11.8 Å². The van der Waals surface area contributed by atoms with Crippen molar-refractivity contribution in [3.8, 4) is 6.07 Å². The maximum Gasteiger partial charge on any atom is 0.265 e. The molecule has 0 radical (unpaired) electrons. The van der Waals surface area contributed by atoms with Gasteiger partial charge in [0.15, 0.2) is 0 Å². The van der Waals surface area contributed by atoms with Gasteiger partial charge < -0.3 is 4.57 Å². The molecular formula is C24H19N3O2. The zero-order valence-electron chi connectivity index (χ0n) is 16.4. The average Bonchev–Trinajstić information content (AvgIpc) is 2.99. The van der Waals surface area contributed by atoms with Gasteiger partial charge in [-0.15, -0.1) is 0 Å². The number of carbonyl (C=O) groups excluding carboxylic acids is 2. The number of rotatable bonds is 2.